The second-order valence-corrected chi connectivity index (χ2v) is 4.97. The van der Waals surface area contributed by atoms with Crippen molar-refractivity contribution in [3.8, 4) is 22.6 Å². The minimum Gasteiger partial charge on any atom is -0.495 e. The topological polar surface area (TPSA) is 44.5 Å². The largest absolute Gasteiger partial charge is 0.495 e. The van der Waals surface area contributed by atoms with Gasteiger partial charge in [0.1, 0.15) is 21.8 Å². The molecule has 0 bridgehead atoms. The Kier molecular flexibility index (Phi) is 4.62. The molecule has 5 heteroatoms. The van der Waals surface area contributed by atoms with Crippen molar-refractivity contribution in [3.05, 3.63) is 46.2 Å². The molecule has 0 heterocycles. The highest BCUT2D eigenvalue weighted by Crippen LogP contribution is 2.42. The molecule has 0 aliphatic rings. The maximum absolute atomic E-state index is 14.1. The van der Waals surface area contributed by atoms with Gasteiger partial charge in [0.05, 0.1) is 14.2 Å². The number of halogens is 2. The number of rotatable bonds is 4. The molecule has 0 aliphatic heterocycles. The Balaban J connectivity index is 2.66. The Bertz CT molecular complexity index is 632. The molecular weight excluding hydrogens is 325 g/mol. The van der Waals surface area contributed by atoms with Crippen LogP contribution in [0.1, 0.15) is 5.56 Å². The summed E-state index contributed by atoms with van der Waals surface area (Å²) in [6, 6.07) is 8.34. The van der Waals surface area contributed by atoms with Gasteiger partial charge in [-0.2, -0.15) is 0 Å². The predicted molar refractivity (Wildman–Crippen MR) is 80.5 cm³/mol. The summed E-state index contributed by atoms with van der Waals surface area (Å²) < 4.78 is 25.3. The summed E-state index contributed by atoms with van der Waals surface area (Å²) in [4.78, 5) is 0. The normalized spacial score (nSPS) is 10.4. The Labute approximate surface area is 125 Å². The van der Waals surface area contributed by atoms with Crippen LogP contribution in [0.15, 0.2) is 34.8 Å². The van der Waals surface area contributed by atoms with Crippen LogP contribution in [-0.2, 0) is 6.54 Å². The van der Waals surface area contributed by atoms with E-state index in [9.17, 15) is 4.39 Å². The van der Waals surface area contributed by atoms with Crippen LogP contribution >= 0.6 is 15.9 Å². The molecule has 0 saturated heterocycles. The van der Waals surface area contributed by atoms with Gasteiger partial charge in [-0.1, -0.05) is 6.07 Å². The molecule has 0 unspecified atom stereocenters. The number of nitrogens with two attached hydrogens (primary N) is 1. The molecule has 0 amide bonds. The summed E-state index contributed by atoms with van der Waals surface area (Å²) in [6.45, 7) is 0.354. The van der Waals surface area contributed by atoms with Crippen molar-refractivity contribution in [1.82, 2.24) is 0 Å². The molecule has 2 N–H and O–H groups in total. The zero-order valence-electron chi connectivity index (χ0n) is 11.2. The molecule has 3 nitrogen and oxygen atoms in total. The minimum absolute atomic E-state index is 0.322. The second-order valence-electron chi connectivity index (χ2n) is 4.18. The van der Waals surface area contributed by atoms with E-state index in [1.807, 2.05) is 0 Å². The summed E-state index contributed by atoms with van der Waals surface area (Å²) >= 11 is 3.41. The lowest BCUT2D eigenvalue weighted by Gasteiger charge is -2.14. The fourth-order valence-electron chi connectivity index (χ4n) is 2.01. The first-order valence-electron chi connectivity index (χ1n) is 6.01. The highest BCUT2D eigenvalue weighted by Gasteiger charge is 2.17. The molecular formula is C15H15BrFNO2. The third-order valence-corrected chi connectivity index (χ3v) is 3.79. The van der Waals surface area contributed by atoms with Crippen LogP contribution in [0.4, 0.5) is 4.39 Å². The van der Waals surface area contributed by atoms with Gasteiger partial charge < -0.3 is 15.2 Å². The van der Waals surface area contributed by atoms with E-state index in [0.717, 1.165) is 5.56 Å². The number of hydrogen-bond acceptors (Lipinski definition) is 3. The summed E-state index contributed by atoms with van der Waals surface area (Å²) in [6.07, 6.45) is 0. The molecule has 0 aliphatic carbocycles. The van der Waals surface area contributed by atoms with Gasteiger partial charge in [0.15, 0.2) is 0 Å². The van der Waals surface area contributed by atoms with E-state index in [2.05, 4.69) is 15.9 Å². The zero-order valence-corrected chi connectivity index (χ0v) is 12.8. The van der Waals surface area contributed by atoms with E-state index < -0.39 is 0 Å². The fraction of sp³-hybridized carbons (Fsp3) is 0.200. The molecule has 2 aromatic carbocycles. The van der Waals surface area contributed by atoms with Gasteiger partial charge in [0.2, 0.25) is 0 Å². The number of methoxy groups -OCH3 is 2. The average molecular weight is 340 g/mol. The van der Waals surface area contributed by atoms with Crippen LogP contribution in [0, 0.1) is 5.82 Å². The minimum atomic E-state index is -0.322. The molecule has 0 spiro atoms. The Morgan fingerprint density at radius 2 is 1.85 bits per heavy atom. The summed E-state index contributed by atoms with van der Waals surface area (Å²) in [5.41, 5.74) is 7.57. The third-order valence-electron chi connectivity index (χ3n) is 3.04. The molecule has 0 aromatic heterocycles. The first-order chi connectivity index (χ1) is 9.62. The highest BCUT2D eigenvalue weighted by molar-refractivity contribution is 9.10. The van der Waals surface area contributed by atoms with Gasteiger partial charge >= 0.3 is 0 Å². The first kappa shape index (κ1) is 14.8. The van der Waals surface area contributed by atoms with Crippen molar-refractivity contribution in [2.75, 3.05) is 14.2 Å². The molecule has 0 fully saturated rings. The lowest BCUT2D eigenvalue weighted by atomic mass is 10.0. The number of ether oxygens (including phenoxy) is 2. The van der Waals surface area contributed by atoms with Crippen LogP contribution in [-0.4, -0.2) is 14.2 Å². The van der Waals surface area contributed by atoms with Crippen molar-refractivity contribution in [3.63, 3.8) is 0 Å². The van der Waals surface area contributed by atoms with Crippen molar-refractivity contribution in [2.45, 2.75) is 6.54 Å². The van der Waals surface area contributed by atoms with Crippen LogP contribution < -0.4 is 15.2 Å². The van der Waals surface area contributed by atoms with Crippen molar-refractivity contribution >= 4 is 15.9 Å². The van der Waals surface area contributed by atoms with Crippen LogP contribution in [0.2, 0.25) is 0 Å². The second kappa shape index (κ2) is 6.24. The van der Waals surface area contributed by atoms with E-state index in [1.54, 1.807) is 31.4 Å². The quantitative estimate of drug-likeness (QED) is 0.922. The lowest BCUT2D eigenvalue weighted by molar-refractivity contribution is 0.390. The van der Waals surface area contributed by atoms with Gasteiger partial charge in [0, 0.05) is 17.7 Å². The van der Waals surface area contributed by atoms with Crippen LogP contribution in [0.25, 0.3) is 11.1 Å². The van der Waals surface area contributed by atoms with Gasteiger partial charge in [-0.15, -0.1) is 0 Å². The SMILES string of the molecule is COc1ccc(-c2cc(CN)ccc2F)c(OC)c1Br. The summed E-state index contributed by atoms with van der Waals surface area (Å²) in [5.74, 6) is 0.830. The lowest BCUT2D eigenvalue weighted by Crippen LogP contribution is -1.99. The summed E-state index contributed by atoms with van der Waals surface area (Å²) in [7, 11) is 3.10. The molecule has 2 aromatic rings. The van der Waals surface area contributed by atoms with E-state index in [1.165, 1.54) is 13.2 Å². The highest BCUT2D eigenvalue weighted by atomic mass is 79.9. The number of hydrogen-bond donors (Lipinski definition) is 1. The van der Waals surface area contributed by atoms with Crippen molar-refractivity contribution in [2.24, 2.45) is 5.73 Å². The number of benzene rings is 2. The third kappa shape index (κ3) is 2.64. The van der Waals surface area contributed by atoms with Gasteiger partial charge in [-0.25, -0.2) is 4.39 Å². The fourth-order valence-corrected chi connectivity index (χ4v) is 2.68. The Morgan fingerprint density at radius 3 is 2.45 bits per heavy atom. The molecule has 2 rings (SSSR count). The smallest absolute Gasteiger partial charge is 0.144 e. The van der Waals surface area contributed by atoms with Crippen LogP contribution in [0.3, 0.4) is 0 Å². The predicted octanol–water partition coefficient (Wildman–Crippen LogP) is 3.73. The molecule has 0 atom stereocenters. The average Bonchev–Trinajstić information content (AvgIpc) is 2.47. The standard InChI is InChI=1S/C15H15BrFNO2/c1-19-13-6-4-10(15(20-2)14(13)16)11-7-9(8-18)3-5-12(11)17/h3-7H,8,18H2,1-2H3. The van der Waals surface area contributed by atoms with E-state index >= 15 is 0 Å². The Morgan fingerprint density at radius 1 is 1.10 bits per heavy atom. The monoisotopic (exact) mass is 339 g/mol. The zero-order chi connectivity index (χ0) is 14.7. The molecule has 0 radical (unpaired) electrons. The van der Waals surface area contributed by atoms with Gasteiger partial charge in [-0.05, 0) is 45.8 Å². The maximum atomic E-state index is 14.1. The van der Waals surface area contributed by atoms with Crippen molar-refractivity contribution < 1.29 is 13.9 Å². The van der Waals surface area contributed by atoms with Crippen molar-refractivity contribution in [1.29, 1.82) is 0 Å². The van der Waals surface area contributed by atoms with Gasteiger partial charge in [0.25, 0.3) is 0 Å². The van der Waals surface area contributed by atoms with E-state index in [0.29, 0.717) is 33.6 Å². The summed E-state index contributed by atoms with van der Waals surface area (Å²) in [5, 5.41) is 0. The molecule has 106 valence electrons. The van der Waals surface area contributed by atoms with Crippen LogP contribution in [0.5, 0.6) is 11.5 Å². The van der Waals surface area contributed by atoms with E-state index in [4.69, 9.17) is 15.2 Å². The van der Waals surface area contributed by atoms with E-state index in [-0.39, 0.29) is 5.82 Å². The molecule has 0 saturated carbocycles. The molecule has 20 heavy (non-hydrogen) atoms. The van der Waals surface area contributed by atoms with Gasteiger partial charge in [-0.3, -0.25) is 0 Å². The Hall–Kier alpha value is -1.59. The maximum Gasteiger partial charge on any atom is 0.144 e. The first-order valence-corrected chi connectivity index (χ1v) is 6.81.